The zero-order chi connectivity index (χ0) is 17.8. The van der Waals surface area contributed by atoms with E-state index in [1.54, 1.807) is 10.9 Å². The molecule has 1 aliphatic rings. The molecule has 2 aromatic rings. The average molecular weight is 363 g/mol. The smallest absolute Gasteiger partial charge is 0.271 e. The Morgan fingerprint density at radius 1 is 1.32 bits per heavy atom. The van der Waals surface area contributed by atoms with Crippen molar-refractivity contribution in [2.75, 3.05) is 38.1 Å². The summed E-state index contributed by atoms with van der Waals surface area (Å²) in [7, 11) is 2.12. The summed E-state index contributed by atoms with van der Waals surface area (Å²) in [6.07, 6.45) is 3.29. The Balaban J connectivity index is 1.71. The van der Waals surface area contributed by atoms with E-state index in [9.17, 15) is 4.79 Å². The molecule has 0 saturated carbocycles. The highest BCUT2D eigenvalue weighted by Gasteiger charge is 2.20. The molecule has 0 atom stereocenters. The molecule has 3 rings (SSSR count). The SMILES string of the molecule is CCn1ncc(Cl)c1C(=O)NCc1cccnc1N1CCN(C)CC1. The summed E-state index contributed by atoms with van der Waals surface area (Å²) in [5.41, 5.74) is 1.40. The van der Waals surface area contributed by atoms with Gasteiger partial charge in [-0.25, -0.2) is 4.98 Å². The summed E-state index contributed by atoms with van der Waals surface area (Å²) in [4.78, 5) is 21.6. The lowest BCUT2D eigenvalue weighted by Crippen LogP contribution is -2.45. The molecule has 0 unspecified atom stereocenters. The van der Waals surface area contributed by atoms with Crippen molar-refractivity contribution in [3.63, 3.8) is 0 Å². The molecule has 134 valence electrons. The van der Waals surface area contributed by atoms with Crippen molar-refractivity contribution in [3.8, 4) is 0 Å². The minimum atomic E-state index is -0.225. The number of piperazine rings is 1. The van der Waals surface area contributed by atoms with Crippen molar-refractivity contribution < 1.29 is 4.79 Å². The van der Waals surface area contributed by atoms with E-state index in [0.717, 1.165) is 37.6 Å². The molecule has 1 saturated heterocycles. The number of nitrogens with zero attached hydrogens (tertiary/aromatic N) is 5. The van der Waals surface area contributed by atoms with Gasteiger partial charge in [-0.1, -0.05) is 17.7 Å². The number of aromatic nitrogens is 3. The first-order chi connectivity index (χ1) is 12.1. The molecule has 1 N–H and O–H groups in total. The Morgan fingerprint density at radius 2 is 2.08 bits per heavy atom. The van der Waals surface area contributed by atoms with Crippen molar-refractivity contribution in [2.24, 2.45) is 0 Å². The largest absolute Gasteiger partial charge is 0.354 e. The second-order valence-electron chi connectivity index (χ2n) is 6.12. The fourth-order valence-electron chi connectivity index (χ4n) is 2.96. The lowest BCUT2D eigenvalue weighted by molar-refractivity contribution is 0.0940. The van der Waals surface area contributed by atoms with E-state index >= 15 is 0 Å². The number of nitrogens with one attached hydrogen (secondary N) is 1. The molecule has 2 aromatic heterocycles. The van der Waals surface area contributed by atoms with Crippen LogP contribution in [0.4, 0.5) is 5.82 Å². The first-order valence-electron chi connectivity index (χ1n) is 8.47. The topological polar surface area (TPSA) is 66.3 Å². The summed E-state index contributed by atoms with van der Waals surface area (Å²) < 4.78 is 1.60. The first kappa shape index (κ1) is 17.7. The van der Waals surface area contributed by atoms with E-state index in [4.69, 9.17) is 11.6 Å². The van der Waals surface area contributed by atoms with Crippen molar-refractivity contribution in [2.45, 2.75) is 20.0 Å². The van der Waals surface area contributed by atoms with Gasteiger partial charge < -0.3 is 15.1 Å². The quantitative estimate of drug-likeness (QED) is 0.875. The maximum Gasteiger partial charge on any atom is 0.271 e. The minimum Gasteiger partial charge on any atom is -0.354 e. The van der Waals surface area contributed by atoms with Crippen LogP contribution in [-0.4, -0.2) is 58.8 Å². The normalized spacial score (nSPS) is 15.4. The number of halogens is 1. The highest BCUT2D eigenvalue weighted by molar-refractivity contribution is 6.33. The highest BCUT2D eigenvalue weighted by atomic mass is 35.5. The molecule has 8 heteroatoms. The average Bonchev–Trinajstić information content (AvgIpc) is 3.01. The molecule has 7 nitrogen and oxygen atoms in total. The van der Waals surface area contributed by atoms with Gasteiger partial charge in [-0.3, -0.25) is 9.48 Å². The number of hydrogen-bond acceptors (Lipinski definition) is 5. The predicted octanol–water partition coefficient (Wildman–Crippen LogP) is 1.63. The maximum absolute atomic E-state index is 12.5. The molecular weight excluding hydrogens is 340 g/mol. The summed E-state index contributed by atoms with van der Waals surface area (Å²) >= 11 is 6.10. The van der Waals surface area contributed by atoms with Crippen LogP contribution in [0.3, 0.4) is 0 Å². The van der Waals surface area contributed by atoms with Crippen molar-refractivity contribution >= 4 is 23.3 Å². The highest BCUT2D eigenvalue weighted by Crippen LogP contribution is 2.19. The number of amides is 1. The Morgan fingerprint density at radius 3 is 2.80 bits per heavy atom. The molecule has 0 aromatic carbocycles. The molecule has 1 aliphatic heterocycles. The summed E-state index contributed by atoms with van der Waals surface area (Å²) in [6, 6.07) is 3.89. The summed E-state index contributed by atoms with van der Waals surface area (Å²) in [5.74, 6) is 0.712. The van der Waals surface area contributed by atoms with Gasteiger partial charge in [0.1, 0.15) is 11.5 Å². The Labute approximate surface area is 152 Å². The van der Waals surface area contributed by atoms with Gasteiger partial charge >= 0.3 is 0 Å². The molecule has 0 radical (unpaired) electrons. The van der Waals surface area contributed by atoms with Crippen LogP contribution in [0.1, 0.15) is 23.0 Å². The van der Waals surface area contributed by atoms with Crippen LogP contribution in [0.15, 0.2) is 24.5 Å². The standard InChI is InChI=1S/C17H23ClN6O/c1-3-24-15(14(18)12-21-24)17(25)20-11-13-5-4-6-19-16(13)23-9-7-22(2)8-10-23/h4-6,12H,3,7-11H2,1-2H3,(H,20,25). The molecular formula is C17H23ClN6O. The third-order valence-electron chi connectivity index (χ3n) is 4.42. The second-order valence-corrected chi connectivity index (χ2v) is 6.52. The Hall–Kier alpha value is -2.12. The first-order valence-corrected chi connectivity index (χ1v) is 8.84. The number of carbonyl (C=O) groups excluding carboxylic acids is 1. The van der Waals surface area contributed by atoms with Crippen LogP contribution in [0, 0.1) is 0 Å². The van der Waals surface area contributed by atoms with Crippen LogP contribution in [0.2, 0.25) is 5.02 Å². The molecule has 1 fully saturated rings. The number of carbonyl (C=O) groups is 1. The zero-order valence-corrected chi connectivity index (χ0v) is 15.3. The van der Waals surface area contributed by atoms with Gasteiger partial charge in [0.15, 0.2) is 0 Å². The fraction of sp³-hybridized carbons (Fsp3) is 0.471. The lowest BCUT2D eigenvalue weighted by atomic mass is 10.2. The monoisotopic (exact) mass is 362 g/mol. The lowest BCUT2D eigenvalue weighted by Gasteiger charge is -2.34. The van der Waals surface area contributed by atoms with Gasteiger partial charge in [-0.2, -0.15) is 5.10 Å². The van der Waals surface area contributed by atoms with Crippen molar-refractivity contribution in [1.82, 2.24) is 25.0 Å². The van der Waals surface area contributed by atoms with Crippen molar-refractivity contribution in [1.29, 1.82) is 0 Å². The van der Waals surface area contributed by atoms with Crippen molar-refractivity contribution in [3.05, 3.63) is 40.8 Å². The summed E-state index contributed by atoms with van der Waals surface area (Å²) in [5, 5.41) is 7.42. The number of pyridine rings is 1. The summed E-state index contributed by atoms with van der Waals surface area (Å²) in [6.45, 7) is 6.80. The Kier molecular flexibility index (Phi) is 5.55. The molecule has 0 bridgehead atoms. The van der Waals surface area contributed by atoms with E-state index < -0.39 is 0 Å². The van der Waals surface area contributed by atoms with Gasteiger partial charge in [-0.15, -0.1) is 0 Å². The van der Waals surface area contributed by atoms with Crippen LogP contribution in [0.5, 0.6) is 0 Å². The van der Waals surface area contributed by atoms with Gasteiger partial charge in [0.05, 0.1) is 11.2 Å². The molecule has 1 amide bonds. The predicted molar refractivity (Wildman–Crippen MR) is 98.0 cm³/mol. The Bertz CT molecular complexity index is 738. The number of anilines is 1. The molecule has 0 spiro atoms. The van der Waals surface area contributed by atoms with E-state index in [0.29, 0.717) is 23.8 Å². The van der Waals surface area contributed by atoms with Gasteiger partial charge in [0.2, 0.25) is 0 Å². The van der Waals surface area contributed by atoms with E-state index in [1.165, 1.54) is 6.20 Å². The zero-order valence-electron chi connectivity index (χ0n) is 14.6. The van der Waals surface area contributed by atoms with Gasteiger partial charge in [0.25, 0.3) is 5.91 Å². The fourth-order valence-corrected chi connectivity index (χ4v) is 3.19. The maximum atomic E-state index is 12.5. The number of rotatable bonds is 5. The third kappa shape index (κ3) is 3.93. The molecule has 25 heavy (non-hydrogen) atoms. The number of hydrogen-bond donors (Lipinski definition) is 1. The minimum absolute atomic E-state index is 0.225. The molecule has 3 heterocycles. The second kappa shape index (κ2) is 7.84. The van der Waals surface area contributed by atoms with E-state index in [-0.39, 0.29) is 5.91 Å². The van der Waals surface area contributed by atoms with E-state index in [2.05, 4.69) is 32.2 Å². The van der Waals surface area contributed by atoms with Crippen LogP contribution < -0.4 is 10.2 Å². The van der Waals surface area contributed by atoms with Crippen LogP contribution >= 0.6 is 11.6 Å². The van der Waals surface area contributed by atoms with Gasteiger partial charge in [0, 0.05) is 51.0 Å². The number of aryl methyl sites for hydroxylation is 1. The van der Waals surface area contributed by atoms with E-state index in [1.807, 2.05) is 19.1 Å². The van der Waals surface area contributed by atoms with Gasteiger partial charge in [-0.05, 0) is 20.0 Å². The molecule has 0 aliphatic carbocycles. The number of likely N-dealkylation sites (N-methyl/N-ethyl adjacent to an activating group) is 1. The van der Waals surface area contributed by atoms with Crippen LogP contribution in [0.25, 0.3) is 0 Å². The third-order valence-corrected chi connectivity index (χ3v) is 4.70. The van der Waals surface area contributed by atoms with Crippen LogP contribution in [-0.2, 0) is 13.1 Å².